The van der Waals surface area contributed by atoms with Crippen molar-refractivity contribution in [2.24, 2.45) is 11.3 Å². The molecule has 3 atom stereocenters. The normalized spacial score (nSPS) is 40.7. The third kappa shape index (κ3) is 1.92. The molecule has 4 bridgehead atoms. The summed E-state index contributed by atoms with van der Waals surface area (Å²) in [4.78, 5) is 2.94. The summed E-state index contributed by atoms with van der Waals surface area (Å²) in [7, 11) is 1.81. The van der Waals surface area contributed by atoms with Crippen LogP contribution < -0.4 is 9.47 Å². The quantitative estimate of drug-likeness (QED) is 0.666. The molecule has 3 nitrogen and oxygen atoms in total. The average molecular weight is 428 g/mol. The van der Waals surface area contributed by atoms with Gasteiger partial charge in [-0.15, -0.1) is 0 Å². The van der Waals surface area contributed by atoms with E-state index >= 15 is 0 Å². The van der Waals surface area contributed by atoms with Crippen LogP contribution in [0.1, 0.15) is 61.6 Å². The summed E-state index contributed by atoms with van der Waals surface area (Å²) in [6, 6.07) is 16.6. The zero-order chi connectivity index (χ0) is 21.1. The van der Waals surface area contributed by atoms with Crippen molar-refractivity contribution < 1.29 is 9.47 Å². The van der Waals surface area contributed by atoms with E-state index in [1.165, 1.54) is 70.0 Å². The monoisotopic (exact) mass is 427 g/mol. The number of hydrogen-bond acceptors (Lipinski definition) is 3. The highest BCUT2D eigenvalue weighted by Gasteiger charge is 2.78. The van der Waals surface area contributed by atoms with Gasteiger partial charge in [0, 0.05) is 29.0 Å². The highest BCUT2D eigenvalue weighted by Crippen LogP contribution is 2.77. The standard InChI is InChI=1S/C29H33NO2/c1-31-22-10-9-20-17-23-28-13-11-27(12-14-28,21-5-3-2-4-6-21)26-29(28,24(20)25(22)32-26)15-16-30(23)18-19-7-8-19/h2-6,9-10,19,23,26H,7-8,11-18H2,1H3. The fourth-order valence-electron chi connectivity index (χ4n) is 9.39. The van der Waals surface area contributed by atoms with E-state index in [9.17, 15) is 0 Å². The molecule has 166 valence electrons. The lowest BCUT2D eigenvalue weighted by Crippen LogP contribution is -2.77. The van der Waals surface area contributed by atoms with E-state index in [-0.39, 0.29) is 16.9 Å². The van der Waals surface area contributed by atoms with Gasteiger partial charge in [-0.05, 0) is 86.4 Å². The predicted molar refractivity (Wildman–Crippen MR) is 125 cm³/mol. The molecule has 4 saturated carbocycles. The number of ether oxygens (including phenoxy) is 2. The lowest BCUT2D eigenvalue weighted by molar-refractivity contribution is -0.190. The Balaban J connectivity index is 1.37. The molecule has 7 aliphatic rings. The summed E-state index contributed by atoms with van der Waals surface area (Å²) in [5.41, 5.74) is 5.26. The van der Waals surface area contributed by atoms with E-state index in [1.807, 2.05) is 7.11 Å². The molecule has 9 rings (SSSR count). The molecule has 0 aromatic heterocycles. The summed E-state index contributed by atoms with van der Waals surface area (Å²) < 4.78 is 13.1. The van der Waals surface area contributed by atoms with Crippen LogP contribution in [0.4, 0.5) is 0 Å². The third-order valence-corrected chi connectivity index (χ3v) is 10.8. The highest BCUT2D eigenvalue weighted by molar-refractivity contribution is 5.64. The Morgan fingerprint density at radius 1 is 1.00 bits per heavy atom. The fraction of sp³-hybridized carbons (Fsp3) is 0.586. The highest BCUT2D eigenvalue weighted by atomic mass is 16.5. The Hall–Kier alpha value is -2.00. The van der Waals surface area contributed by atoms with Crippen LogP contribution in [0.25, 0.3) is 0 Å². The first-order chi connectivity index (χ1) is 15.7. The van der Waals surface area contributed by atoms with Crippen LogP contribution in [-0.4, -0.2) is 37.2 Å². The summed E-state index contributed by atoms with van der Waals surface area (Å²) in [5, 5.41) is 0. The van der Waals surface area contributed by atoms with E-state index in [1.54, 1.807) is 11.1 Å². The van der Waals surface area contributed by atoms with Gasteiger partial charge in [-0.25, -0.2) is 0 Å². The van der Waals surface area contributed by atoms with Crippen LogP contribution in [0, 0.1) is 11.3 Å². The maximum atomic E-state index is 7.17. The molecule has 32 heavy (non-hydrogen) atoms. The first-order valence-corrected chi connectivity index (χ1v) is 12.9. The zero-order valence-electron chi connectivity index (χ0n) is 19.1. The van der Waals surface area contributed by atoms with E-state index in [4.69, 9.17) is 9.47 Å². The van der Waals surface area contributed by atoms with E-state index < -0.39 is 0 Å². The zero-order valence-corrected chi connectivity index (χ0v) is 19.1. The minimum Gasteiger partial charge on any atom is -0.493 e. The lowest BCUT2D eigenvalue weighted by Gasteiger charge is -2.73. The molecular weight excluding hydrogens is 394 g/mol. The van der Waals surface area contributed by atoms with Crippen molar-refractivity contribution >= 4 is 0 Å². The number of methoxy groups -OCH3 is 1. The van der Waals surface area contributed by atoms with Gasteiger partial charge in [-0.3, -0.25) is 4.90 Å². The minimum absolute atomic E-state index is 0.130. The number of benzene rings is 2. The van der Waals surface area contributed by atoms with Crippen molar-refractivity contribution in [2.75, 3.05) is 20.2 Å². The van der Waals surface area contributed by atoms with Crippen LogP contribution in [-0.2, 0) is 17.3 Å². The summed E-state index contributed by atoms with van der Waals surface area (Å²) >= 11 is 0. The molecule has 2 aromatic rings. The molecule has 0 amide bonds. The molecule has 1 saturated heterocycles. The van der Waals surface area contributed by atoms with Gasteiger partial charge in [0.15, 0.2) is 11.5 Å². The number of rotatable bonds is 4. The van der Waals surface area contributed by atoms with Crippen molar-refractivity contribution in [3.63, 3.8) is 0 Å². The number of fused-ring (bicyclic) bond motifs is 2. The Morgan fingerprint density at radius 3 is 2.56 bits per heavy atom. The third-order valence-electron chi connectivity index (χ3n) is 10.8. The Kier molecular flexibility index (Phi) is 3.41. The van der Waals surface area contributed by atoms with Crippen LogP contribution in [0.5, 0.6) is 11.5 Å². The number of hydrogen-bond donors (Lipinski definition) is 0. The van der Waals surface area contributed by atoms with Crippen molar-refractivity contribution in [3.05, 3.63) is 59.2 Å². The molecule has 0 N–H and O–H groups in total. The Labute approximate surface area is 191 Å². The maximum absolute atomic E-state index is 7.17. The van der Waals surface area contributed by atoms with E-state index in [2.05, 4.69) is 47.4 Å². The summed E-state index contributed by atoms with van der Waals surface area (Å²) in [6.07, 6.45) is 10.8. The summed E-state index contributed by atoms with van der Waals surface area (Å²) in [6.45, 7) is 2.57. The van der Waals surface area contributed by atoms with Gasteiger partial charge < -0.3 is 9.47 Å². The van der Waals surface area contributed by atoms with Gasteiger partial charge in [0.05, 0.1) is 7.11 Å². The maximum Gasteiger partial charge on any atom is 0.165 e. The fourth-order valence-corrected chi connectivity index (χ4v) is 9.39. The first kappa shape index (κ1) is 18.4. The van der Waals surface area contributed by atoms with E-state index in [0.29, 0.717) is 11.5 Å². The van der Waals surface area contributed by atoms with Gasteiger partial charge in [-0.2, -0.15) is 0 Å². The molecule has 5 fully saturated rings. The largest absolute Gasteiger partial charge is 0.493 e. The van der Waals surface area contributed by atoms with Gasteiger partial charge in [0.2, 0.25) is 0 Å². The van der Waals surface area contributed by atoms with Gasteiger partial charge in [0.25, 0.3) is 0 Å². The second kappa shape index (κ2) is 5.91. The average Bonchev–Trinajstić information content (AvgIpc) is 3.58. The van der Waals surface area contributed by atoms with Crippen LogP contribution in [0.2, 0.25) is 0 Å². The van der Waals surface area contributed by atoms with Crippen molar-refractivity contribution in [1.82, 2.24) is 4.90 Å². The first-order valence-electron chi connectivity index (χ1n) is 12.9. The van der Waals surface area contributed by atoms with Crippen LogP contribution in [0.3, 0.4) is 0 Å². The molecule has 2 spiro atoms. The van der Waals surface area contributed by atoms with Crippen molar-refractivity contribution in [3.8, 4) is 11.5 Å². The predicted octanol–water partition coefficient (Wildman–Crippen LogP) is 5.25. The lowest BCUT2D eigenvalue weighted by atomic mass is 9.34. The molecule has 2 aromatic carbocycles. The Bertz CT molecular complexity index is 1100. The van der Waals surface area contributed by atoms with Crippen molar-refractivity contribution in [2.45, 2.75) is 74.3 Å². The number of nitrogens with zero attached hydrogens (tertiary/aromatic N) is 1. The number of likely N-dealkylation sites (tertiary alicyclic amines) is 1. The minimum atomic E-state index is 0.130. The molecule has 2 heterocycles. The van der Waals surface area contributed by atoms with Crippen LogP contribution >= 0.6 is 0 Å². The Morgan fingerprint density at radius 2 is 1.81 bits per heavy atom. The molecular formula is C29H33NO2. The molecule has 2 aliphatic heterocycles. The molecule has 3 heteroatoms. The van der Waals surface area contributed by atoms with Crippen LogP contribution in [0.15, 0.2) is 42.5 Å². The molecule has 3 unspecified atom stereocenters. The second-order valence-corrected chi connectivity index (χ2v) is 11.7. The van der Waals surface area contributed by atoms with Crippen molar-refractivity contribution in [1.29, 1.82) is 0 Å². The molecule has 5 aliphatic carbocycles. The van der Waals surface area contributed by atoms with E-state index in [0.717, 1.165) is 17.4 Å². The van der Waals surface area contributed by atoms with Gasteiger partial charge >= 0.3 is 0 Å². The number of piperidine rings is 1. The molecule has 0 radical (unpaired) electrons. The van der Waals surface area contributed by atoms with Gasteiger partial charge in [-0.1, -0.05) is 36.4 Å². The summed E-state index contributed by atoms with van der Waals surface area (Å²) in [5.74, 6) is 3.00. The smallest absolute Gasteiger partial charge is 0.165 e. The van der Waals surface area contributed by atoms with Gasteiger partial charge in [0.1, 0.15) is 6.10 Å². The topological polar surface area (TPSA) is 21.7 Å². The SMILES string of the molecule is COc1ccc2c3c1OC1C4(c5ccccc5)CCC5(CC4)C(C2)N(CC2CC2)CCC315. The second-order valence-electron chi connectivity index (χ2n) is 11.7.